The molecule has 0 saturated carbocycles. The summed E-state index contributed by atoms with van der Waals surface area (Å²) < 4.78 is 0. The van der Waals surface area contributed by atoms with Gasteiger partial charge in [0.05, 0.1) is 0 Å². The zero-order valence-electron chi connectivity index (χ0n) is 9.52. The van der Waals surface area contributed by atoms with Crippen LogP contribution in [-0.2, 0) is 5.75 Å². The molecule has 0 aliphatic carbocycles. The van der Waals surface area contributed by atoms with Gasteiger partial charge in [-0.1, -0.05) is 30.3 Å². The van der Waals surface area contributed by atoms with Gasteiger partial charge in [0.15, 0.2) is 0 Å². The van der Waals surface area contributed by atoms with Crippen molar-refractivity contribution in [1.82, 2.24) is 5.32 Å². The Morgan fingerprint density at radius 3 is 2.50 bits per heavy atom. The molecule has 1 N–H and O–H groups in total. The highest BCUT2D eigenvalue weighted by atomic mass is 35.5. The van der Waals surface area contributed by atoms with Gasteiger partial charge in [-0.25, -0.2) is 0 Å². The Bertz CT molecular complexity index is 273. The lowest BCUT2D eigenvalue weighted by Crippen LogP contribution is -2.28. The van der Waals surface area contributed by atoms with E-state index in [9.17, 15) is 0 Å². The second kappa shape index (κ2) is 7.99. The number of rotatable bonds is 4. The number of halogens is 1. The lowest BCUT2D eigenvalue weighted by atomic mass is 10.0. The molecule has 0 radical (unpaired) electrons. The largest absolute Gasteiger partial charge is 0.317 e. The highest BCUT2D eigenvalue weighted by Gasteiger charge is 2.12. The summed E-state index contributed by atoms with van der Waals surface area (Å²) in [7, 11) is 0. The third-order valence-corrected chi connectivity index (χ3v) is 4.17. The van der Waals surface area contributed by atoms with Gasteiger partial charge in [0.2, 0.25) is 0 Å². The summed E-state index contributed by atoms with van der Waals surface area (Å²) >= 11 is 2.09. The molecule has 1 saturated heterocycles. The van der Waals surface area contributed by atoms with Crippen molar-refractivity contribution in [3.8, 4) is 0 Å². The molecule has 0 bridgehead atoms. The van der Waals surface area contributed by atoms with Crippen LogP contribution >= 0.6 is 24.2 Å². The summed E-state index contributed by atoms with van der Waals surface area (Å²) in [6.45, 7) is 2.44. The van der Waals surface area contributed by atoms with Crippen LogP contribution in [0.15, 0.2) is 30.3 Å². The molecule has 90 valence electrons. The van der Waals surface area contributed by atoms with Crippen molar-refractivity contribution in [2.45, 2.75) is 18.6 Å². The van der Waals surface area contributed by atoms with Crippen molar-refractivity contribution >= 4 is 24.2 Å². The Labute approximate surface area is 109 Å². The van der Waals surface area contributed by atoms with Crippen LogP contribution in [0, 0.1) is 5.92 Å². The van der Waals surface area contributed by atoms with Crippen molar-refractivity contribution in [1.29, 1.82) is 0 Å². The maximum atomic E-state index is 3.41. The van der Waals surface area contributed by atoms with Crippen molar-refractivity contribution in [3.63, 3.8) is 0 Å². The molecular formula is C13H20ClNS. The lowest BCUT2D eigenvalue weighted by molar-refractivity contribution is 0.408. The van der Waals surface area contributed by atoms with E-state index in [0.29, 0.717) is 0 Å². The van der Waals surface area contributed by atoms with Gasteiger partial charge >= 0.3 is 0 Å². The van der Waals surface area contributed by atoms with Crippen LogP contribution in [-0.4, -0.2) is 18.8 Å². The summed E-state index contributed by atoms with van der Waals surface area (Å²) in [5, 5.41) is 3.41. The molecule has 0 spiro atoms. The van der Waals surface area contributed by atoms with E-state index in [0.717, 1.165) is 5.92 Å². The molecule has 1 nitrogen and oxygen atoms in total. The van der Waals surface area contributed by atoms with E-state index in [1.54, 1.807) is 0 Å². The van der Waals surface area contributed by atoms with E-state index < -0.39 is 0 Å². The Balaban J connectivity index is 0.00000128. The molecule has 1 aliphatic heterocycles. The van der Waals surface area contributed by atoms with Gasteiger partial charge < -0.3 is 5.32 Å². The van der Waals surface area contributed by atoms with Gasteiger partial charge in [-0.2, -0.15) is 11.8 Å². The van der Waals surface area contributed by atoms with Gasteiger partial charge in [-0.3, -0.25) is 0 Å². The van der Waals surface area contributed by atoms with Gasteiger partial charge in [0.1, 0.15) is 0 Å². The van der Waals surface area contributed by atoms with E-state index in [1.165, 1.54) is 43.0 Å². The van der Waals surface area contributed by atoms with Crippen LogP contribution < -0.4 is 5.32 Å². The van der Waals surface area contributed by atoms with E-state index in [2.05, 4.69) is 47.4 Å². The van der Waals surface area contributed by atoms with E-state index in [4.69, 9.17) is 0 Å². The highest BCUT2D eigenvalue weighted by molar-refractivity contribution is 7.98. The average Bonchev–Trinajstić information content (AvgIpc) is 2.32. The van der Waals surface area contributed by atoms with Crippen LogP contribution in [0.2, 0.25) is 0 Å². The molecule has 1 aromatic rings. The first-order chi connectivity index (χ1) is 7.45. The summed E-state index contributed by atoms with van der Waals surface area (Å²) in [5.41, 5.74) is 1.46. The predicted octanol–water partition coefficient (Wildman–Crippen LogP) is 3.34. The molecule has 0 amide bonds. The molecule has 1 aliphatic rings. The third-order valence-electron chi connectivity index (χ3n) is 2.92. The first kappa shape index (κ1) is 13.9. The molecule has 0 atom stereocenters. The highest BCUT2D eigenvalue weighted by Crippen LogP contribution is 2.20. The smallest absolute Gasteiger partial charge is 0.0184 e. The standard InChI is InChI=1S/C13H19NS.ClH/c1-2-4-12(5-3-1)10-15-11-13-6-8-14-9-7-13;/h1-5,13-14H,6-11H2;1H. The molecule has 3 heteroatoms. The maximum absolute atomic E-state index is 3.41. The number of hydrogen-bond acceptors (Lipinski definition) is 2. The van der Waals surface area contributed by atoms with Crippen molar-refractivity contribution < 1.29 is 0 Å². The van der Waals surface area contributed by atoms with Gasteiger partial charge in [-0.15, -0.1) is 12.4 Å². The summed E-state index contributed by atoms with van der Waals surface area (Å²) in [5.74, 6) is 3.45. The summed E-state index contributed by atoms with van der Waals surface area (Å²) in [6, 6.07) is 10.8. The van der Waals surface area contributed by atoms with Crippen LogP contribution in [0.1, 0.15) is 18.4 Å². The molecule has 16 heavy (non-hydrogen) atoms. The van der Waals surface area contributed by atoms with Gasteiger partial charge in [-0.05, 0) is 43.2 Å². The topological polar surface area (TPSA) is 12.0 Å². The van der Waals surface area contributed by atoms with Crippen molar-refractivity contribution in [2.24, 2.45) is 5.92 Å². The second-order valence-corrected chi connectivity index (χ2v) is 5.22. The van der Waals surface area contributed by atoms with E-state index >= 15 is 0 Å². The Morgan fingerprint density at radius 1 is 1.12 bits per heavy atom. The predicted molar refractivity (Wildman–Crippen MR) is 75.4 cm³/mol. The molecule has 1 fully saturated rings. The SMILES string of the molecule is Cl.c1ccc(CSCC2CCNCC2)cc1. The monoisotopic (exact) mass is 257 g/mol. The maximum Gasteiger partial charge on any atom is 0.0184 e. The summed E-state index contributed by atoms with van der Waals surface area (Å²) in [6.07, 6.45) is 2.73. The van der Waals surface area contributed by atoms with Gasteiger partial charge in [0.25, 0.3) is 0 Å². The van der Waals surface area contributed by atoms with Crippen LogP contribution in [0.25, 0.3) is 0 Å². The minimum absolute atomic E-state index is 0. The Kier molecular flexibility index (Phi) is 6.93. The van der Waals surface area contributed by atoms with E-state index in [-0.39, 0.29) is 12.4 Å². The second-order valence-electron chi connectivity index (χ2n) is 4.19. The minimum atomic E-state index is 0. The minimum Gasteiger partial charge on any atom is -0.317 e. The number of thioether (sulfide) groups is 1. The van der Waals surface area contributed by atoms with Crippen LogP contribution in [0.5, 0.6) is 0 Å². The lowest BCUT2D eigenvalue weighted by Gasteiger charge is -2.22. The van der Waals surface area contributed by atoms with Crippen molar-refractivity contribution in [2.75, 3.05) is 18.8 Å². The average molecular weight is 258 g/mol. The molecule has 2 rings (SSSR count). The molecular weight excluding hydrogens is 238 g/mol. The zero-order chi connectivity index (χ0) is 10.3. The zero-order valence-corrected chi connectivity index (χ0v) is 11.2. The number of benzene rings is 1. The van der Waals surface area contributed by atoms with Crippen molar-refractivity contribution in [3.05, 3.63) is 35.9 Å². The Morgan fingerprint density at radius 2 is 1.81 bits per heavy atom. The number of piperidine rings is 1. The fraction of sp³-hybridized carbons (Fsp3) is 0.538. The molecule has 0 unspecified atom stereocenters. The summed E-state index contributed by atoms with van der Waals surface area (Å²) in [4.78, 5) is 0. The first-order valence-electron chi connectivity index (χ1n) is 5.77. The molecule has 1 aromatic carbocycles. The quantitative estimate of drug-likeness (QED) is 0.888. The third kappa shape index (κ3) is 4.77. The fourth-order valence-corrected chi connectivity index (χ4v) is 3.18. The van der Waals surface area contributed by atoms with Crippen LogP contribution in [0.4, 0.5) is 0 Å². The fourth-order valence-electron chi connectivity index (χ4n) is 1.97. The first-order valence-corrected chi connectivity index (χ1v) is 6.93. The number of hydrogen-bond donors (Lipinski definition) is 1. The van der Waals surface area contributed by atoms with Crippen LogP contribution in [0.3, 0.4) is 0 Å². The molecule has 1 heterocycles. The van der Waals surface area contributed by atoms with Gasteiger partial charge in [0, 0.05) is 5.75 Å². The van der Waals surface area contributed by atoms with E-state index in [1.807, 2.05) is 0 Å². The molecule has 0 aromatic heterocycles. The number of nitrogens with one attached hydrogen (secondary N) is 1. The Hall–Kier alpha value is -0.180. The normalized spacial score (nSPS) is 16.8.